The zero-order chi connectivity index (χ0) is 20.3. The number of anilines is 1. The number of nitrogens with zero attached hydrogens (tertiary/aromatic N) is 3. The fourth-order valence-electron chi connectivity index (χ4n) is 3.74. The molecule has 0 amide bonds. The molecule has 0 radical (unpaired) electrons. The number of likely N-dealkylation sites (N-methyl/N-ethyl adjacent to an activating group) is 1. The molecule has 0 aliphatic heterocycles. The average Bonchev–Trinajstić information content (AvgIpc) is 3.19. The molecule has 8 heteroatoms. The topological polar surface area (TPSA) is 76.5 Å². The van der Waals surface area contributed by atoms with Crippen LogP contribution in [0.25, 0.3) is 5.69 Å². The third kappa shape index (κ3) is 3.77. The van der Waals surface area contributed by atoms with E-state index in [0.29, 0.717) is 17.9 Å². The van der Waals surface area contributed by atoms with Crippen LogP contribution in [-0.2, 0) is 4.74 Å². The van der Waals surface area contributed by atoms with E-state index in [1.54, 1.807) is 24.3 Å². The van der Waals surface area contributed by atoms with E-state index in [2.05, 4.69) is 29.4 Å². The number of hydrogen-bond acceptors (Lipinski definition) is 6. The van der Waals surface area contributed by atoms with Gasteiger partial charge in [-0.1, -0.05) is 36.6 Å². The smallest absolute Gasteiger partial charge is 0.340 e. The summed E-state index contributed by atoms with van der Waals surface area (Å²) in [6.45, 7) is 0.684. The standard InChI is InChI=1S/C20H25ClN4O3/c1-24(2)20(10-6-7-11-20)13-22-15-12-23-25(18(26)17(15)21)16-9-5-4-8-14(16)19(27)28-3/h4-5,8-9,12,22H,6-7,10-11,13H2,1-3H3. The number of halogens is 1. The maximum absolute atomic E-state index is 12.8. The third-order valence-corrected chi connectivity index (χ3v) is 5.91. The summed E-state index contributed by atoms with van der Waals surface area (Å²) in [5, 5.41) is 7.58. The van der Waals surface area contributed by atoms with Gasteiger partial charge in [-0.2, -0.15) is 9.78 Å². The molecule has 0 unspecified atom stereocenters. The van der Waals surface area contributed by atoms with Gasteiger partial charge in [-0.3, -0.25) is 4.79 Å². The Bertz CT molecular complexity index is 920. The van der Waals surface area contributed by atoms with E-state index < -0.39 is 11.5 Å². The van der Waals surface area contributed by atoms with Gasteiger partial charge < -0.3 is 15.0 Å². The number of aromatic nitrogens is 2. The summed E-state index contributed by atoms with van der Waals surface area (Å²) < 4.78 is 5.91. The Morgan fingerprint density at radius 2 is 2.00 bits per heavy atom. The first-order chi connectivity index (χ1) is 13.4. The van der Waals surface area contributed by atoms with Crippen LogP contribution in [-0.4, -0.2) is 53.9 Å². The minimum absolute atomic E-state index is 0.0431. The Labute approximate surface area is 169 Å². The molecule has 3 rings (SSSR count). The SMILES string of the molecule is COC(=O)c1ccccc1-n1ncc(NCC2(N(C)C)CCCC2)c(Cl)c1=O. The first-order valence-electron chi connectivity index (χ1n) is 9.26. The van der Waals surface area contributed by atoms with E-state index in [1.807, 2.05) is 0 Å². The van der Waals surface area contributed by atoms with Gasteiger partial charge in [0.15, 0.2) is 0 Å². The van der Waals surface area contributed by atoms with Gasteiger partial charge in [0.2, 0.25) is 0 Å². The Morgan fingerprint density at radius 1 is 1.32 bits per heavy atom. The van der Waals surface area contributed by atoms with E-state index in [1.165, 1.54) is 26.1 Å². The first-order valence-corrected chi connectivity index (χ1v) is 9.64. The molecule has 7 nitrogen and oxygen atoms in total. The van der Waals surface area contributed by atoms with E-state index in [4.69, 9.17) is 16.3 Å². The number of esters is 1. The molecule has 1 saturated carbocycles. The van der Waals surface area contributed by atoms with Crippen LogP contribution >= 0.6 is 11.6 Å². The lowest BCUT2D eigenvalue weighted by atomic mass is 9.96. The van der Waals surface area contributed by atoms with Gasteiger partial charge in [-0.15, -0.1) is 0 Å². The summed E-state index contributed by atoms with van der Waals surface area (Å²) in [5.74, 6) is -0.545. The molecule has 1 N–H and O–H groups in total. The van der Waals surface area contributed by atoms with Gasteiger partial charge in [0.25, 0.3) is 5.56 Å². The van der Waals surface area contributed by atoms with Crippen LogP contribution in [0, 0.1) is 0 Å². The maximum atomic E-state index is 12.8. The molecule has 1 aliphatic carbocycles. The quantitative estimate of drug-likeness (QED) is 0.746. The summed E-state index contributed by atoms with van der Waals surface area (Å²) in [6.07, 6.45) is 6.11. The Morgan fingerprint density at radius 3 is 2.64 bits per heavy atom. The number of methoxy groups -OCH3 is 1. The molecule has 0 bridgehead atoms. The van der Waals surface area contributed by atoms with Crippen LogP contribution in [0.15, 0.2) is 35.3 Å². The van der Waals surface area contributed by atoms with E-state index in [-0.39, 0.29) is 16.1 Å². The summed E-state index contributed by atoms with van der Waals surface area (Å²) in [4.78, 5) is 27.1. The predicted octanol–water partition coefficient (Wildman–Crippen LogP) is 2.96. The van der Waals surface area contributed by atoms with Gasteiger partial charge in [0.05, 0.1) is 30.2 Å². The summed E-state index contributed by atoms with van der Waals surface area (Å²) >= 11 is 6.36. The Hall–Kier alpha value is -2.38. The highest BCUT2D eigenvalue weighted by molar-refractivity contribution is 6.33. The molecule has 1 aromatic carbocycles. The van der Waals surface area contributed by atoms with E-state index >= 15 is 0 Å². The number of carbonyl (C=O) groups is 1. The van der Waals surface area contributed by atoms with Gasteiger partial charge in [0, 0.05) is 12.1 Å². The van der Waals surface area contributed by atoms with Crippen molar-refractivity contribution in [3.63, 3.8) is 0 Å². The third-order valence-electron chi connectivity index (χ3n) is 5.55. The zero-order valence-corrected chi connectivity index (χ0v) is 17.1. The highest BCUT2D eigenvalue weighted by Crippen LogP contribution is 2.34. The molecular formula is C20H25ClN4O3. The molecule has 2 aromatic rings. The maximum Gasteiger partial charge on any atom is 0.340 e. The Kier molecular flexibility index (Phi) is 6.05. The number of para-hydroxylation sites is 1. The second-order valence-corrected chi connectivity index (χ2v) is 7.66. The van der Waals surface area contributed by atoms with Crippen LogP contribution in [0.2, 0.25) is 5.02 Å². The summed E-state index contributed by atoms with van der Waals surface area (Å²) in [6, 6.07) is 6.62. The second kappa shape index (κ2) is 8.32. The molecular weight excluding hydrogens is 380 g/mol. The van der Waals surface area contributed by atoms with Crippen molar-refractivity contribution in [1.82, 2.24) is 14.7 Å². The minimum atomic E-state index is -0.545. The van der Waals surface area contributed by atoms with Gasteiger partial charge in [-0.25, -0.2) is 4.79 Å². The van der Waals surface area contributed by atoms with Crippen molar-refractivity contribution in [2.24, 2.45) is 0 Å². The average molecular weight is 405 g/mol. The van der Waals surface area contributed by atoms with Crippen molar-refractivity contribution in [2.75, 3.05) is 33.1 Å². The lowest BCUT2D eigenvalue weighted by molar-refractivity contribution is 0.0600. The van der Waals surface area contributed by atoms with Gasteiger partial charge >= 0.3 is 5.97 Å². The normalized spacial score (nSPS) is 15.6. The van der Waals surface area contributed by atoms with Crippen LogP contribution < -0.4 is 10.9 Å². The fourth-order valence-corrected chi connectivity index (χ4v) is 3.94. The zero-order valence-electron chi connectivity index (χ0n) is 16.4. The lowest BCUT2D eigenvalue weighted by Crippen LogP contribution is -2.47. The minimum Gasteiger partial charge on any atom is -0.465 e. The molecule has 150 valence electrons. The highest BCUT2D eigenvalue weighted by Gasteiger charge is 2.35. The molecule has 0 spiro atoms. The molecule has 1 fully saturated rings. The molecule has 1 heterocycles. The summed E-state index contributed by atoms with van der Waals surface area (Å²) in [5.41, 5.74) is 0.623. The van der Waals surface area contributed by atoms with Gasteiger partial charge in [0.1, 0.15) is 5.02 Å². The van der Waals surface area contributed by atoms with E-state index in [9.17, 15) is 9.59 Å². The van der Waals surface area contributed by atoms with Crippen molar-refractivity contribution < 1.29 is 9.53 Å². The van der Waals surface area contributed by atoms with Crippen molar-refractivity contribution >= 4 is 23.3 Å². The van der Waals surface area contributed by atoms with Crippen molar-refractivity contribution in [3.05, 3.63) is 51.4 Å². The number of carbonyl (C=O) groups excluding carboxylic acids is 1. The fraction of sp³-hybridized carbons (Fsp3) is 0.450. The number of rotatable bonds is 6. The monoisotopic (exact) mass is 404 g/mol. The molecule has 1 aliphatic rings. The molecule has 28 heavy (non-hydrogen) atoms. The van der Waals surface area contributed by atoms with Crippen molar-refractivity contribution in [3.8, 4) is 5.69 Å². The van der Waals surface area contributed by atoms with Crippen LogP contribution in [0.3, 0.4) is 0 Å². The second-order valence-electron chi connectivity index (χ2n) is 7.28. The van der Waals surface area contributed by atoms with E-state index in [0.717, 1.165) is 17.5 Å². The summed E-state index contributed by atoms with van der Waals surface area (Å²) in [7, 11) is 5.45. The number of benzene rings is 1. The first kappa shape index (κ1) is 20.4. The number of nitrogens with one attached hydrogen (secondary N) is 1. The van der Waals surface area contributed by atoms with Crippen LogP contribution in [0.1, 0.15) is 36.0 Å². The van der Waals surface area contributed by atoms with Crippen LogP contribution in [0.4, 0.5) is 5.69 Å². The number of hydrogen-bond donors (Lipinski definition) is 1. The van der Waals surface area contributed by atoms with Crippen LogP contribution in [0.5, 0.6) is 0 Å². The molecule has 0 atom stereocenters. The largest absolute Gasteiger partial charge is 0.465 e. The molecule has 0 saturated heterocycles. The van der Waals surface area contributed by atoms with Crippen molar-refractivity contribution in [1.29, 1.82) is 0 Å². The Balaban J connectivity index is 1.91. The predicted molar refractivity (Wildman–Crippen MR) is 110 cm³/mol. The van der Waals surface area contributed by atoms with Gasteiger partial charge in [-0.05, 0) is 39.1 Å². The lowest BCUT2D eigenvalue weighted by Gasteiger charge is -2.36. The van der Waals surface area contributed by atoms with Crippen molar-refractivity contribution in [2.45, 2.75) is 31.2 Å². The highest BCUT2D eigenvalue weighted by atomic mass is 35.5. The molecule has 1 aromatic heterocycles. The number of ether oxygens (including phenoxy) is 1.